The van der Waals surface area contributed by atoms with E-state index in [1.807, 2.05) is 24.0 Å². The zero-order valence-corrected chi connectivity index (χ0v) is 12.9. The van der Waals surface area contributed by atoms with Gasteiger partial charge in [-0.3, -0.25) is 4.79 Å². The molecular weight excluding hydrogens is 274 g/mol. The van der Waals surface area contributed by atoms with Crippen LogP contribution in [0, 0.1) is 0 Å². The van der Waals surface area contributed by atoms with Crippen molar-refractivity contribution in [2.24, 2.45) is 0 Å². The number of hydrogen-bond donors (Lipinski definition) is 0. The Morgan fingerprint density at radius 2 is 1.64 bits per heavy atom. The van der Waals surface area contributed by atoms with E-state index in [0.717, 1.165) is 25.3 Å². The molecule has 0 unspecified atom stereocenters. The van der Waals surface area contributed by atoms with Crippen molar-refractivity contribution in [3.05, 3.63) is 54.1 Å². The molecule has 0 atom stereocenters. The second kappa shape index (κ2) is 6.65. The number of benzene rings is 2. The van der Waals surface area contributed by atoms with E-state index < -0.39 is 0 Å². The predicted octanol–water partition coefficient (Wildman–Crippen LogP) is 3.87. The van der Waals surface area contributed by atoms with E-state index in [1.165, 1.54) is 16.7 Å². The fourth-order valence-electron chi connectivity index (χ4n) is 2.80. The van der Waals surface area contributed by atoms with Gasteiger partial charge in [-0.1, -0.05) is 36.4 Å². The van der Waals surface area contributed by atoms with Gasteiger partial charge in [-0.2, -0.15) is 0 Å². The van der Waals surface area contributed by atoms with Crippen molar-refractivity contribution < 1.29 is 9.53 Å². The molecule has 0 spiro atoms. The smallest absolute Gasteiger partial charge is 0.222 e. The highest BCUT2D eigenvalue weighted by Gasteiger charge is 2.19. The lowest BCUT2D eigenvalue weighted by molar-refractivity contribution is -0.128. The number of hydrogen-bond acceptors (Lipinski definition) is 2. The number of nitrogens with zero attached hydrogens (tertiary/aromatic N) is 1. The molecule has 1 aliphatic heterocycles. The maximum Gasteiger partial charge on any atom is 0.222 e. The lowest BCUT2D eigenvalue weighted by Crippen LogP contribution is -2.23. The van der Waals surface area contributed by atoms with Crippen molar-refractivity contribution in [3.63, 3.8) is 0 Å². The van der Waals surface area contributed by atoms with Crippen molar-refractivity contribution in [2.45, 2.75) is 26.3 Å². The molecule has 2 aromatic rings. The first-order valence-corrected chi connectivity index (χ1v) is 7.86. The molecule has 1 fully saturated rings. The second-order valence-corrected chi connectivity index (χ2v) is 5.57. The Bertz CT molecular complexity index is 631. The molecule has 2 aromatic carbocycles. The quantitative estimate of drug-likeness (QED) is 0.838. The summed E-state index contributed by atoms with van der Waals surface area (Å²) in [5.74, 6) is 1.17. The van der Waals surface area contributed by atoms with Crippen LogP contribution in [0.4, 0.5) is 0 Å². The molecule has 3 heteroatoms. The van der Waals surface area contributed by atoms with Gasteiger partial charge in [0.05, 0.1) is 6.61 Å². The molecule has 1 heterocycles. The topological polar surface area (TPSA) is 29.5 Å². The molecular formula is C19H21NO2. The van der Waals surface area contributed by atoms with E-state index in [4.69, 9.17) is 4.74 Å². The van der Waals surface area contributed by atoms with Crippen LogP contribution in [0.15, 0.2) is 48.5 Å². The van der Waals surface area contributed by atoms with Crippen molar-refractivity contribution in [1.82, 2.24) is 4.90 Å². The van der Waals surface area contributed by atoms with E-state index in [1.54, 1.807) is 0 Å². The van der Waals surface area contributed by atoms with E-state index >= 15 is 0 Å². The molecule has 1 amide bonds. The summed E-state index contributed by atoms with van der Waals surface area (Å²) in [5.41, 5.74) is 3.54. The first kappa shape index (κ1) is 14.6. The van der Waals surface area contributed by atoms with Crippen LogP contribution in [0.5, 0.6) is 5.75 Å². The van der Waals surface area contributed by atoms with Gasteiger partial charge in [0, 0.05) is 19.5 Å². The average molecular weight is 295 g/mol. The number of amides is 1. The van der Waals surface area contributed by atoms with Crippen molar-refractivity contribution in [2.75, 3.05) is 13.2 Å². The summed E-state index contributed by atoms with van der Waals surface area (Å²) in [6, 6.07) is 16.6. The monoisotopic (exact) mass is 295 g/mol. The van der Waals surface area contributed by atoms with Crippen LogP contribution in [0.1, 0.15) is 25.3 Å². The zero-order chi connectivity index (χ0) is 15.4. The third-order valence-electron chi connectivity index (χ3n) is 4.00. The molecule has 114 valence electrons. The van der Waals surface area contributed by atoms with Crippen LogP contribution < -0.4 is 4.74 Å². The number of rotatable bonds is 5. The Kier molecular flexibility index (Phi) is 4.42. The van der Waals surface area contributed by atoms with Gasteiger partial charge >= 0.3 is 0 Å². The summed E-state index contributed by atoms with van der Waals surface area (Å²) < 4.78 is 5.46. The number of ether oxygens (including phenoxy) is 1. The molecule has 0 radical (unpaired) electrons. The number of likely N-dealkylation sites (tertiary alicyclic amines) is 1. The van der Waals surface area contributed by atoms with Crippen molar-refractivity contribution in [1.29, 1.82) is 0 Å². The molecule has 0 saturated carbocycles. The van der Waals surface area contributed by atoms with Crippen molar-refractivity contribution >= 4 is 5.91 Å². The first-order valence-electron chi connectivity index (χ1n) is 7.86. The van der Waals surface area contributed by atoms with Gasteiger partial charge in [-0.05, 0) is 42.2 Å². The molecule has 3 rings (SSSR count). The van der Waals surface area contributed by atoms with Gasteiger partial charge in [0.2, 0.25) is 5.91 Å². The van der Waals surface area contributed by atoms with E-state index in [9.17, 15) is 4.79 Å². The lowest BCUT2D eigenvalue weighted by atomic mass is 10.0. The summed E-state index contributed by atoms with van der Waals surface area (Å²) in [5, 5.41) is 0. The Hall–Kier alpha value is -2.29. The first-order chi connectivity index (χ1) is 10.8. The van der Waals surface area contributed by atoms with Gasteiger partial charge in [0.25, 0.3) is 0 Å². The normalized spacial score (nSPS) is 14.4. The molecule has 22 heavy (non-hydrogen) atoms. The average Bonchev–Trinajstić information content (AvgIpc) is 2.94. The summed E-state index contributed by atoms with van der Waals surface area (Å²) in [4.78, 5) is 13.6. The van der Waals surface area contributed by atoms with Gasteiger partial charge in [-0.15, -0.1) is 0 Å². The van der Waals surface area contributed by atoms with Crippen LogP contribution in [0.3, 0.4) is 0 Å². The fraction of sp³-hybridized carbons (Fsp3) is 0.316. The molecule has 0 bridgehead atoms. The molecule has 3 nitrogen and oxygen atoms in total. The minimum atomic E-state index is 0.274. The summed E-state index contributed by atoms with van der Waals surface area (Å²) >= 11 is 0. The van der Waals surface area contributed by atoms with Gasteiger partial charge < -0.3 is 9.64 Å². The minimum absolute atomic E-state index is 0.274. The summed E-state index contributed by atoms with van der Waals surface area (Å²) in [6.45, 7) is 4.28. The summed E-state index contributed by atoms with van der Waals surface area (Å²) in [6.07, 6.45) is 1.69. The minimum Gasteiger partial charge on any atom is -0.494 e. The summed E-state index contributed by atoms with van der Waals surface area (Å²) in [7, 11) is 0. The molecule has 0 aromatic heterocycles. The molecule has 0 aliphatic carbocycles. The van der Waals surface area contributed by atoms with Gasteiger partial charge in [0.1, 0.15) is 5.75 Å². The Balaban J connectivity index is 1.69. The standard InChI is InChI=1S/C19H21NO2/c1-2-22-18-11-9-17(10-12-18)16-7-5-15(6-8-16)14-20-13-3-4-19(20)21/h5-12H,2-4,13-14H2,1H3. The van der Waals surface area contributed by atoms with Crippen LogP contribution in [-0.2, 0) is 11.3 Å². The highest BCUT2D eigenvalue weighted by molar-refractivity contribution is 5.78. The SMILES string of the molecule is CCOc1ccc(-c2ccc(CN3CCCC3=O)cc2)cc1. The van der Waals surface area contributed by atoms with Crippen LogP contribution in [0.2, 0.25) is 0 Å². The van der Waals surface area contributed by atoms with Gasteiger partial charge in [-0.25, -0.2) is 0 Å². The molecule has 0 N–H and O–H groups in total. The maximum absolute atomic E-state index is 11.7. The second-order valence-electron chi connectivity index (χ2n) is 5.57. The molecule has 1 saturated heterocycles. The van der Waals surface area contributed by atoms with E-state index in [2.05, 4.69) is 36.4 Å². The Morgan fingerprint density at radius 3 is 2.18 bits per heavy atom. The largest absolute Gasteiger partial charge is 0.494 e. The fourth-order valence-corrected chi connectivity index (χ4v) is 2.80. The van der Waals surface area contributed by atoms with Crippen LogP contribution >= 0.6 is 0 Å². The van der Waals surface area contributed by atoms with Crippen molar-refractivity contribution in [3.8, 4) is 16.9 Å². The lowest BCUT2D eigenvalue weighted by Gasteiger charge is -2.15. The van der Waals surface area contributed by atoms with Crippen LogP contribution in [0.25, 0.3) is 11.1 Å². The number of carbonyl (C=O) groups is 1. The highest BCUT2D eigenvalue weighted by Crippen LogP contribution is 2.23. The Labute approximate surface area is 131 Å². The predicted molar refractivity (Wildman–Crippen MR) is 87.7 cm³/mol. The third-order valence-corrected chi connectivity index (χ3v) is 4.00. The Morgan fingerprint density at radius 1 is 1.00 bits per heavy atom. The van der Waals surface area contributed by atoms with Gasteiger partial charge in [0.15, 0.2) is 0 Å². The number of carbonyl (C=O) groups excluding carboxylic acids is 1. The van der Waals surface area contributed by atoms with Crippen LogP contribution in [-0.4, -0.2) is 24.0 Å². The maximum atomic E-state index is 11.7. The molecule has 1 aliphatic rings. The highest BCUT2D eigenvalue weighted by atomic mass is 16.5. The van der Waals surface area contributed by atoms with E-state index in [0.29, 0.717) is 13.0 Å². The third kappa shape index (κ3) is 3.30. The zero-order valence-electron chi connectivity index (χ0n) is 12.9. The van der Waals surface area contributed by atoms with E-state index in [-0.39, 0.29) is 5.91 Å².